The van der Waals surface area contributed by atoms with Gasteiger partial charge in [0.15, 0.2) is 11.5 Å². The van der Waals surface area contributed by atoms with Crippen molar-refractivity contribution in [2.24, 2.45) is 5.10 Å². The van der Waals surface area contributed by atoms with E-state index in [1.165, 1.54) is 11.2 Å². The average molecular weight is 433 g/mol. The SMILES string of the molecule is COc1cc(C2CC(c3ccc(O)cc3)=NN2C(=O)c2cccnc2)cc(OC)c1OC. The fourth-order valence-corrected chi connectivity index (χ4v) is 3.70. The number of hydrogen-bond acceptors (Lipinski definition) is 7. The maximum absolute atomic E-state index is 13.3. The molecular formula is C24H23N3O5. The summed E-state index contributed by atoms with van der Waals surface area (Å²) < 4.78 is 16.4. The van der Waals surface area contributed by atoms with E-state index < -0.39 is 6.04 Å². The number of pyridine rings is 1. The van der Waals surface area contributed by atoms with Gasteiger partial charge in [-0.1, -0.05) is 0 Å². The van der Waals surface area contributed by atoms with E-state index in [0.717, 1.165) is 16.8 Å². The second kappa shape index (κ2) is 8.97. The van der Waals surface area contributed by atoms with Gasteiger partial charge in [-0.25, -0.2) is 5.01 Å². The van der Waals surface area contributed by atoms with Gasteiger partial charge in [0.05, 0.1) is 38.6 Å². The number of methoxy groups -OCH3 is 3. The molecule has 8 nitrogen and oxygen atoms in total. The number of phenolic OH excluding ortho intramolecular Hbond substituents is 1. The van der Waals surface area contributed by atoms with Crippen LogP contribution in [0.1, 0.15) is 33.9 Å². The van der Waals surface area contributed by atoms with Crippen molar-refractivity contribution in [2.75, 3.05) is 21.3 Å². The maximum atomic E-state index is 13.3. The van der Waals surface area contributed by atoms with Crippen molar-refractivity contribution >= 4 is 11.6 Å². The molecule has 1 N–H and O–H groups in total. The molecule has 4 rings (SSSR count). The summed E-state index contributed by atoms with van der Waals surface area (Å²) in [5.41, 5.74) is 2.76. The molecule has 1 aliphatic rings. The Bertz CT molecular complexity index is 1120. The lowest BCUT2D eigenvalue weighted by atomic mass is 9.97. The van der Waals surface area contributed by atoms with E-state index in [0.29, 0.717) is 29.2 Å². The molecule has 0 saturated heterocycles. The third kappa shape index (κ3) is 3.94. The third-order valence-corrected chi connectivity index (χ3v) is 5.30. The first-order valence-corrected chi connectivity index (χ1v) is 9.96. The van der Waals surface area contributed by atoms with E-state index in [-0.39, 0.29) is 11.7 Å². The summed E-state index contributed by atoms with van der Waals surface area (Å²) in [5, 5.41) is 15.7. The van der Waals surface area contributed by atoms with Crippen LogP contribution >= 0.6 is 0 Å². The van der Waals surface area contributed by atoms with Crippen LogP contribution in [-0.2, 0) is 0 Å². The first-order chi connectivity index (χ1) is 15.5. The van der Waals surface area contributed by atoms with E-state index in [2.05, 4.69) is 10.1 Å². The molecule has 1 unspecified atom stereocenters. The van der Waals surface area contributed by atoms with E-state index in [4.69, 9.17) is 14.2 Å². The molecule has 164 valence electrons. The summed E-state index contributed by atoms with van der Waals surface area (Å²) in [5.74, 6) is 1.35. The van der Waals surface area contributed by atoms with Crippen LogP contribution < -0.4 is 14.2 Å². The molecule has 3 aromatic rings. The van der Waals surface area contributed by atoms with Crippen molar-refractivity contribution in [1.82, 2.24) is 9.99 Å². The van der Waals surface area contributed by atoms with Crippen LogP contribution in [0.4, 0.5) is 0 Å². The molecule has 1 atom stereocenters. The summed E-state index contributed by atoms with van der Waals surface area (Å²) in [6.07, 6.45) is 3.60. The zero-order valence-electron chi connectivity index (χ0n) is 18.0. The first-order valence-electron chi connectivity index (χ1n) is 9.96. The summed E-state index contributed by atoms with van der Waals surface area (Å²) in [6.45, 7) is 0. The predicted molar refractivity (Wildman–Crippen MR) is 119 cm³/mol. The standard InChI is InChI=1S/C24H23N3O5/c1-30-21-11-17(12-22(31-2)23(21)32-3)20-13-19(15-6-8-18(28)9-7-15)26-27(20)24(29)16-5-4-10-25-14-16/h4-12,14,20,28H,13H2,1-3H3. The Morgan fingerprint density at radius 2 is 1.72 bits per heavy atom. The summed E-state index contributed by atoms with van der Waals surface area (Å²) >= 11 is 0. The molecule has 1 aliphatic heterocycles. The van der Waals surface area contributed by atoms with Crippen molar-refractivity contribution in [2.45, 2.75) is 12.5 Å². The van der Waals surface area contributed by atoms with Crippen molar-refractivity contribution < 1.29 is 24.1 Å². The molecule has 0 saturated carbocycles. The maximum Gasteiger partial charge on any atom is 0.276 e. The number of ether oxygens (including phenoxy) is 3. The van der Waals surface area contributed by atoms with Crippen molar-refractivity contribution in [3.05, 3.63) is 77.6 Å². The van der Waals surface area contributed by atoms with Crippen LogP contribution in [0.25, 0.3) is 0 Å². The number of aromatic hydroxyl groups is 1. The summed E-state index contributed by atoms with van der Waals surface area (Å²) in [6, 6.07) is 13.4. The van der Waals surface area contributed by atoms with Crippen molar-refractivity contribution in [1.29, 1.82) is 0 Å². The van der Waals surface area contributed by atoms with Crippen molar-refractivity contribution in [3.8, 4) is 23.0 Å². The lowest BCUT2D eigenvalue weighted by molar-refractivity contribution is 0.0710. The molecule has 1 amide bonds. The van der Waals surface area contributed by atoms with Crippen LogP contribution in [0.15, 0.2) is 66.0 Å². The number of hydrazone groups is 1. The van der Waals surface area contributed by atoms with E-state index in [1.807, 2.05) is 12.1 Å². The van der Waals surface area contributed by atoms with Gasteiger partial charge in [-0.15, -0.1) is 0 Å². The molecule has 0 bridgehead atoms. The minimum atomic E-state index is -0.403. The fourth-order valence-electron chi connectivity index (χ4n) is 3.70. The van der Waals surface area contributed by atoms with Crippen LogP contribution in [-0.4, -0.2) is 48.0 Å². The number of carbonyl (C=O) groups is 1. The monoisotopic (exact) mass is 433 g/mol. The number of carbonyl (C=O) groups excluding carboxylic acids is 1. The Labute approximate surface area is 185 Å². The van der Waals surface area contributed by atoms with Crippen LogP contribution in [0, 0.1) is 0 Å². The zero-order chi connectivity index (χ0) is 22.7. The minimum Gasteiger partial charge on any atom is -0.508 e. The number of hydrogen-bond donors (Lipinski definition) is 1. The van der Waals surface area contributed by atoms with Crippen LogP contribution in [0.5, 0.6) is 23.0 Å². The lowest BCUT2D eigenvalue weighted by Crippen LogP contribution is -2.27. The second-order valence-electron chi connectivity index (χ2n) is 7.16. The largest absolute Gasteiger partial charge is 0.508 e. The van der Waals surface area contributed by atoms with Gasteiger partial charge in [-0.05, 0) is 59.7 Å². The number of nitrogens with zero attached hydrogens (tertiary/aromatic N) is 3. The van der Waals surface area contributed by atoms with Crippen LogP contribution in [0.2, 0.25) is 0 Å². The van der Waals surface area contributed by atoms with Gasteiger partial charge in [0.1, 0.15) is 5.75 Å². The molecule has 8 heteroatoms. The molecule has 0 radical (unpaired) electrons. The molecule has 0 spiro atoms. The molecule has 32 heavy (non-hydrogen) atoms. The number of rotatable bonds is 6. The molecule has 2 aromatic carbocycles. The van der Waals surface area contributed by atoms with E-state index >= 15 is 0 Å². The highest BCUT2D eigenvalue weighted by atomic mass is 16.5. The van der Waals surface area contributed by atoms with Gasteiger partial charge in [-0.2, -0.15) is 5.10 Å². The molecular weight excluding hydrogens is 410 g/mol. The van der Waals surface area contributed by atoms with Crippen molar-refractivity contribution in [3.63, 3.8) is 0 Å². The number of phenols is 1. The number of benzene rings is 2. The zero-order valence-corrected chi connectivity index (χ0v) is 18.0. The highest BCUT2D eigenvalue weighted by molar-refractivity contribution is 6.05. The second-order valence-corrected chi connectivity index (χ2v) is 7.16. The Morgan fingerprint density at radius 1 is 1.03 bits per heavy atom. The predicted octanol–water partition coefficient (Wildman–Crippen LogP) is 3.80. The van der Waals surface area contributed by atoms with E-state index in [1.54, 1.807) is 63.9 Å². The van der Waals surface area contributed by atoms with Gasteiger partial charge in [-0.3, -0.25) is 9.78 Å². The Balaban J connectivity index is 1.79. The number of aromatic nitrogens is 1. The van der Waals surface area contributed by atoms with Gasteiger partial charge in [0.2, 0.25) is 5.75 Å². The van der Waals surface area contributed by atoms with Gasteiger partial charge in [0, 0.05) is 18.8 Å². The van der Waals surface area contributed by atoms with Crippen LogP contribution in [0.3, 0.4) is 0 Å². The van der Waals surface area contributed by atoms with Gasteiger partial charge in [0.25, 0.3) is 5.91 Å². The molecule has 0 fully saturated rings. The molecule has 1 aromatic heterocycles. The first kappa shape index (κ1) is 21.2. The highest BCUT2D eigenvalue weighted by Gasteiger charge is 2.35. The summed E-state index contributed by atoms with van der Waals surface area (Å²) in [7, 11) is 4.64. The topological polar surface area (TPSA) is 93.5 Å². The minimum absolute atomic E-state index is 0.164. The number of amides is 1. The quantitative estimate of drug-likeness (QED) is 0.636. The normalized spacial score (nSPS) is 15.3. The van der Waals surface area contributed by atoms with Gasteiger partial charge < -0.3 is 19.3 Å². The molecule has 0 aliphatic carbocycles. The highest BCUT2D eigenvalue weighted by Crippen LogP contribution is 2.43. The fraction of sp³-hybridized carbons (Fsp3) is 0.208. The van der Waals surface area contributed by atoms with E-state index in [9.17, 15) is 9.90 Å². The average Bonchev–Trinajstić information content (AvgIpc) is 3.29. The smallest absolute Gasteiger partial charge is 0.276 e. The summed E-state index contributed by atoms with van der Waals surface area (Å²) in [4.78, 5) is 17.4. The Morgan fingerprint density at radius 3 is 2.28 bits per heavy atom. The molecule has 2 heterocycles. The Hall–Kier alpha value is -4.07. The third-order valence-electron chi connectivity index (χ3n) is 5.30. The lowest BCUT2D eigenvalue weighted by Gasteiger charge is -2.23. The van der Waals surface area contributed by atoms with Gasteiger partial charge >= 0.3 is 0 Å². The Kier molecular flexibility index (Phi) is 5.93.